The van der Waals surface area contributed by atoms with Crippen LogP contribution in [0.2, 0.25) is 0 Å². The predicted molar refractivity (Wildman–Crippen MR) is 59.6 cm³/mol. The van der Waals surface area contributed by atoms with E-state index >= 15 is 0 Å². The fourth-order valence-corrected chi connectivity index (χ4v) is 1.77. The van der Waals surface area contributed by atoms with Crippen molar-refractivity contribution in [3.8, 4) is 0 Å². The van der Waals surface area contributed by atoms with Gasteiger partial charge in [0.2, 0.25) is 0 Å². The van der Waals surface area contributed by atoms with Crippen molar-refractivity contribution in [1.82, 2.24) is 9.78 Å². The fraction of sp³-hybridized carbons (Fsp3) is 0.273. The minimum absolute atomic E-state index is 0.0823. The highest BCUT2D eigenvalue weighted by molar-refractivity contribution is 5.85. The Morgan fingerprint density at radius 2 is 2.25 bits per heavy atom. The number of nitrogens with zero attached hydrogens (tertiary/aromatic N) is 1. The van der Waals surface area contributed by atoms with Gasteiger partial charge in [0.15, 0.2) is 0 Å². The number of carboxylic acid groups (broad SMARTS) is 1. The average molecular weight is 220 g/mol. The summed E-state index contributed by atoms with van der Waals surface area (Å²) in [5.41, 5.74) is 1.15. The number of nitrogens with one attached hydrogen (secondary N) is 1. The molecular formula is C11H12N2O3. The van der Waals surface area contributed by atoms with E-state index < -0.39 is 5.97 Å². The Morgan fingerprint density at radius 1 is 1.50 bits per heavy atom. The van der Waals surface area contributed by atoms with Gasteiger partial charge in [-0.1, -0.05) is 12.1 Å². The van der Waals surface area contributed by atoms with E-state index in [2.05, 4.69) is 5.10 Å². The average Bonchev–Trinajstić information content (AvgIpc) is 2.56. The smallest absolute Gasteiger partial charge is 0.307 e. The lowest BCUT2D eigenvalue weighted by Crippen LogP contribution is -2.14. The molecule has 2 aromatic rings. The van der Waals surface area contributed by atoms with Crippen molar-refractivity contribution in [3.63, 3.8) is 0 Å². The molecule has 0 saturated heterocycles. The van der Waals surface area contributed by atoms with Crippen LogP contribution in [-0.4, -0.2) is 20.9 Å². The Bertz CT molecular complexity index is 595. The summed E-state index contributed by atoms with van der Waals surface area (Å²) < 4.78 is 1.47. The topological polar surface area (TPSA) is 75.1 Å². The zero-order valence-electron chi connectivity index (χ0n) is 8.86. The van der Waals surface area contributed by atoms with E-state index in [1.165, 1.54) is 4.68 Å². The lowest BCUT2D eigenvalue weighted by Gasteiger charge is -1.98. The minimum Gasteiger partial charge on any atom is -0.481 e. The van der Waals surface area contributed by atoms with E-state index in [0.717, 1.165) is 0 Å². The highest BCUT2D eigenvalue weighted by Gasteiger charge is 2.10. The molecular weight excluding hydrogens is 208 g/mol. The molecule has 0 saturated carbocycles. The molecule has 0 aliphatic carbocycles. The van der Waals surface area contributed by atoms with Crippen molar-refractivity contribution in [2.75, 3.05) is 0 Å². The largest absolute Gasteiger partial charge is 0.481 e. The molecule has 0 unspecified atom stereocenters. The molecule has 0 aliphatic rings. The van der Waals surface area contributed by atoms with Gasteiger partial charge < -0.3 is 5.11 Å². The van der Waals surface area contributed by atoms with Gasteiger partial charge in [-0.25, -0.2) is 0 Å². The third kappa shape index (κ3) is 1.60. The van der Waals surface area contributed by atoms with Gasteiger partial charge in [0.05, 0.1) is 17.3 Å². The third-order valence-electron chi connectivity index (χ3n) is 2.53. The quantitative estimate of drug-likeness (QED) is 0.809. The van der Waals surface area contributed by atoms with Crippen LogP contribution in [0.25, 0.3) is 10.9 Å². The number of aliphatic carboxylic acids is 1. The Hall–Kier alpha value is -2.04. The maximum atomic E-state index is 11.8. The fourth-order valence-electron chi connectivity index (χ4n) is 1.77. The maximum absolute atomic E-state index is 11.8. The highest BCUT2D eigenvalue weighted by Crippen LogP contribution is 2.14. The van der Waals surface area contributed by atoms with E-state index in [9.17, 15) is 9.59 Å². The number of H-pyrrole nitrogens is 1. The first-order chi connectivity index (χ1) is 7.63. The summed E-state index contributed by atoms with van der Waals surface area (Å²) >= 11 is 0. The SMILES string of the molecule is CCn1[nH]c2c(CC(=O)O)cccc2c1=O. The number of rotatable bonds is 3. The molecule has 84 valence electrons. The molecule has 0 atom stereocenters. The van der Waals surface area contributed by atoms with Crippen LogP contribution in [0.15, 0.2) is 23.0 Å². The summed E-state index contributed by atoms with van der Waals surface area (Å²) in [7, 11) is 0. The maximum Gasteiger partial charge on any atom is 0.307 e. The number of fused-ring (bicyclic) bond motifs is 1. The summed E-state index contributed by atoms with van der Waals surface area (Å²) in [5, 5.41) is 12.2. The summed E-state index contributed by atoms with van der Waals surface area (Å²) in [5.74, 6) is -0.905. The highest BCUT2D eigenvalue weighted by atomic mass is 16.4. The van der Waals surface area contributed by atoms with Gasteiger partial charge in [0, 0.05) is 6.54 Å². The Balaban J connectivity index is 2.68. The van der Waals surface area contributed by atoms with Gasteiger partial charge in [0.1, 0.15) is 0 Å². The van der Waals surface area contributed by atoms with Gasteiger partial charge in [0.25, 0.3) is 5.56 Å². The summed E-state index contributed by atoms with van der Waals surface area (Å²) in [6.45, 7) is 2.40. The molecule has 0 bridgehead atoms. The number of benzene rings is 1. The molecule has 1 heterocycles. The molecule has 2 N–H and O–H groups in total. The molecule has 0 amide bonds. The van der Waals surface area contributed by atoms with Crippen LogP contribution in [0, 0.1) is 0 Å². The lowest BCUT2D eigenvalue weighted by atomic mass is 10.1. The van der Waals surface area contributed by atoms with Crippen LogP contribution in [0.4, 0.5) is 0 Å². The Kier molecular flexibility index (Phi) is 2.52. The van der Waals surface area contributed by atoms with Gasteiger partial charge in [-0.3, -0.25) is 19.4 Å². The van der Waals surface area contributed by atoms with Crippen molar-refractivity contribution >= 4 is 16.9 Å². The van der Waals surface area contributed by atoms with Gasteiger partial charge in [-0.15, -0.1) is 0 Å². The summed E-state index contributed by atoms with van der Waals surface area (Å²) in [6, 6.07) is 5.12. The van der Waals surface area contributed by atoms with Gasteiger partial charge in [-0.05, 0) is 18.6 Å². The number of aromatic amines is 1. The first kappa shape index (κ1) is 10.5. The van der Waals surface area contributed by atoms with Gasteiger partial charge >= 0.3 is 5.97 Å². The van der Waals surface area contributed by atoms with Crippen molar-refractivity contribution in [3.05, 3.63) is 34.1 Å². The van der Waals surface area contributed by atoms with Gasteiger partial charge in [-0.2, -0.15) is 0 Å². The second kappa shape index (κ2) is 3.84. The monoisotopic (exact) mass is 220 g/mol. The molecule has 5 nitrogen and oxygen atoms in total. The van der Waals surface area contributed by atoms with Crippen LogP contribution in [0.3, 0.4) is 0 Å². The number of aryl methyl sites for hydroxylation is 1. The second-order valence-corrected chi connectivity index (χ2v) is 3.57. The van der Waals surface area contributed by atoms with Crippen LogP contribution in [-0.2, 0) is 17.8 Å². The molecule has 1 aromatic heterocycles. The zero-order chi connectivity index (χ0) is 11.7. The number of aromatic nitrogens is 2. The molecule has 5 heteroatoms. The molecule has 0 radical (unpaired) electrons. The predicted octanol–water partition coefficient (Wildman–Crippen LogP) is 0.977. The molecule has 0 spiro atoms. The van der Waals surface area contributed by atoms with E-state index in [1.54, 1.807) is 18.2 Å². The first-order valence-corrected chi connectivity index (χ1v) is 5.05. The number of hydrogen-bond acceptors (Lipinski definition) is 2. The zero-order valence-corrected chi connectivity index (χ0v) is 8.86. The van der Waals surface area contributed by atoms with Crippen molar-refractivity contribution in [2.24, 2.45) is 0 Å². The standard InChI is InChI=1S/C11H12N2O3/c1-2-13-11(16)8-5-3-4-7(6-9(14)15)10(8)12-13/h3-5,12H,2,6H2,1H3,(H,14,15). The first-order valence-electron chi connectivity index (χ1n) is 5.05. The summed E-state index contributed by atoms with van der Waals surface area (Å²) in [4.78, 5) is 22.5. The van der Waals surface area contributed by atoms with Crippen LogP contribution in [0.1, 0.15) is 12.5 Å². The molecule has 2 rings (SSSR count). The number of para-hydroxylation sites is 1. The number of carbonyl (C=O) groups is 1. The van der Waals surface area contributed by atoms with Crippen LogP contribution < -0.4 is 5.56 Å². The normalized spacial score (nSPS) is 10.8. The van der Waals surface area contributed by atoms with Crippen LogP contribution >= 0.6 is 0 Å². The second-order valence-electron chi connectivity index (χ2n) is 3.57. The number of carboxylic acids is 1. The van der Waals surface area contributed by atoms with Crippen molar-refractivity contribution in [2.45, 2.75) is 19.9 Å². The molecule has 0 fully saturated rings. The Morgan fingerprint density at radius 3 is 2.88 bits per heavy atom. The van der Waals surface area contributed by atoms with Crippen LogP contribution in [0.5, 0.6) is 0 Å². The summed E-state index contributed by atoms with van der Waals surface area (Å²) in [6.07, 6.45) is -0.0823. The number of hydrogen-bond donors (Lipinski definition) is 2. The van der Waals surface area contributed by atoms with E-state index in [-0.39, 0.29) is 12.0 Å². The molecule has 0 aliphatic heterocycles. The third-order valence-corrected chi connectivity index (χ3v) is 2.53. The van der Waals surface area contributed by atoms with E-state index in [1.807, 2.05) is 6.92 Å². The molecule has 1 aromatic carbocycles. The van der Waals surface area contributed by atoms with E-state index in [4.69, 9.17) is 5.11 Å². The molecule has 16 heavy (non-hydrogen) atoms. The lowest BCUT2D eigenvalue weighted by molar-refractivity contribution is -0.136. The van der Waals surface area contributed by atoms with E-state index in [0.29, 0.717) is 23.0 Å². The minimum atomic E-state index is -0.905. The van der Waals surface area contributed by atoms with Crippen molar-refractivity contribution in [1.29, 1.82) is 0 Å². The Labute approximate surface area is 91.3 Å². The van der Waals surface area contributed by atoms with Crippen molar-refractivity contribution < 1.29 is 9.90 Å².